The molecule has 9 heteroatoms. The van der Waals surface area contributed by atoms with E-state index in [-0.39, 0.29) is 12.2 Å². The van der Waals surface area contributed by atoms with Crippen LogP contribution in [0.5, 0.6) is 5.75 Å². The minimum atomic E-state index is -0.799. The van der Waals surface area contributed by atoms with Gasteiger partial charge in [-0.3, -0.25) is 14.9 Å². The van der Waals surface area contributed by atoms with E-state index < -0.39 is 17.8 Å². The van der Waals surface area contributed by atoms with Gasteiger partial charge in [-0.15, -0.1) is 0 Å². The fraction of sp³-hybridized carbons (Fsp3) is 0.115. The average Bonchev–Trinajstić information content (AvgIpc) is 2.83. The van der Waals surface area contributed by atoms with Gasteiger partial charge in [0, 0.05) is 10.0 Å². The van der Waals surface area contributed by atoms with Gasteiger partial charge in [0.25, 0.3) is 11.8 Å². The minimum absolute atomic E-state index is 0.184. The Morgan fingerprint density at radius 1 is 0.943 bits per heavy atom. The highest BCUT2D eigenvalue weighted by molar-refractivity contribution is 9.10. The van der Waals surface area contributed by atoms with Crippen LogP contribution in [-0.4, -0.2) is 17.8 Å². The number of carbonyl (C=O) groups is 3. The maximum atomic E-state index is 13.2. The molecule has 0 saturated carbocycles. The topological polar surface area (TPSA) is 75.7 Å². The Morgan fingerprint density at radius 3 is 2.34 bits per heavy atom. The van der Waals surface area contributed by atoms with E-state index in [1.807, 2.05) is 19.1 Å². The quantitative estimate of drug-likeness (QED) is 0.267. The van der Waals surface area contributed by atoms with E-state index in [1.54, 1.807) is 48.5 Å². The summed E-state index contributed by atoms with van der Waals surface area (Å²) in [5.41, 5.74) is 2.51. The molecule has 0 aliphatic carbocycles. The summed E-state index contributed by atoms with van der Waals surface area (Å²) in [6, 6.07) is 16.6. The molecule has 0 unspecified atom stereocenters. The smallest absolute Gasteiger partial charge is 0.335 e. The maximum absolute atomic E-state index is 13.2. The molecule has 0 radical (unpaired) electrons. The predicted molar refractivity (Wildman–Crippen MR) is 140 cm³/mol. The monoisotopic (exact) mass is 572 g/mol. The third-order valence-corrected chi connectivity index (χ3v) is 6.59. The number of hydrogen-bond acceptors (Lipinski definition) is 4. The number of benzene rings is 3. The lowest BCUT2D eigenvalue weighted by Gasteiger charge is -2.26. The highest BCUT2D eigenvalue weighted by Gasteiger charge is 2.37. The zero-order valence-electron chi connectivity index (χ0n) is 18.5. The van der Waals surface area contributed by atoms with E-state index in [0.717, 1.165) is 26.9 Å². The highest BCUT2D eigenvalue weighted by atomic mass is 79.9. The van der Waals surface area contributed by atoms with Crippen LogP contribution in [0.3, 0.4) is 0 Å². The maximum Gasteiger partial charge on any atom is 0.335 e. The molecule has 4 amide bonds. The van der Waals surface area contributed by atoms with Crippen molar-refractivity contribution in [2.75, 3.05) is 4.90 Å². The number of nitrogens with zero attached hydrogens (tertiary/aromatic N) is 1. The summed E-state index contributed by atoms with van der Waals surface area (Å²) in [5.74, 6) is -1.07. The number of aryl methyl sites for hydroxylation is 1. The first-order valence-corrected chi connectivity index (χ1v) is 12.2. The lowest BCUT2D eigenvalue weighted by atomic mass is 10.1. The fourth-order valence-electron chi connectivity index (χ4n) is 3.48. The van der Waals surface area contributed by atoms with Crippen LogP contribution in [0, 0.1) is 0 Å². The van der Waals surface area contributed by atoms with Gasteiger partial charge in [-0.2, -0.15) is 0 Å². The SMILES string of the molecule is CCc1ccc(N2C(=O)NC(=O)/C(=C/c3cc(Br)ccc3OCc3ccc(Cl)c(Cl)c3)C2=O)cc1. The summed E-state index contributed by atoms with van der Waals surface area (Å²) in [6.45, 7) is 2.19. The second kappa shape index (κ2) is 10.6. The number of carbonyl (C=O) groups excluding carboxylic acids is 3. The van der Waals surface area contributed by atoms with Gasteiger partial charge in [0.1, 0.15) is 17.9 Å². The summed E-state index contributed by atoms with van der Waals surface area (Å²) < 4.78 is 6.67. The molecule has 3 aromatic carbocycles. The van der Waals surface area contributed by atoms with Crippen LogP contribution in [0.4, 0.5) is 10.5 Å². The molecular formula is C26H19BrCl2N2O4. The highest BCUT2D eigenvalue weighted by Crippen LogP contribution is 2.29. The summed E-state index contributed by atoms with van der Waals surface area (Å²) >= 11 is 15.5. The van der Waals surface area contributed by atoms with Crippen molar-refractivity contribution in [3.05, 3.63) is 97.4 Å². The Balaban J connectivity index is 1.65. The zero-order valence-corrected chi connectivity index (χ0v) is 21.6. The number of anilines is 1. The predicted octanol–water partition coefficient (Wildman–Crippen LogP) is 6.56. The number of barbiturate groups is 1. The van der Waals surface area contributed by atoms with Crippen LogP contribution in [0.1, 0.15) is 23.6 Å². The molecule has 1 aliphatic heterocycles. The molecule has 1 N–H and O–H groups in total. The first-order chi connectivity index (χ1) is 16.8. The standard InChI is InChI=1S/C26H19BrCl2N2O4/c1-2-15-3-7-19(8-4-15)31-25(33)20(24(32)30-26(31)34)13-17-12-18(27)6-10-23(17)35-14-16-5-9-21(28)22(29)11-16/h3-13H,2,14H2,1H3,(H,30,32,34)/b20-13-. The second-order valence-corrected chi connectivity index (χ2v) is 9.43. The van der Waals surface area contributed by atoms with E-state index in [1.165, 1.54) is 6.08 Å². The van der Waals surface area contributed by atoms with Crippen molar-refractivity contribution in [1.82, 2.24) is 5.32 Å². The van der Waals surface area contributed by atoms with Crippen LogP contribution < -0.4 is 15.0 Å². The lowest BCUT2D eigenvalue weighted by molar-refractivity contribution is -0.122. The van der Waals surface area contributed by atoms with Gasteiger partial charge in [0.2, 0.25) is 0 Å². The van der Waals surface area contributed by atoms with E-state index in [0.29, 0.717) is 27.0 Å². The Hall–Kier alpha value is -3.13. The van der Waals surface area contributed by atoms with Gasteiger partial charge in [-0.25, -0.2) is 9.69 Å². The summed E-state index contributed by atoms with van der Waals surface area (Å²) in [4.78, 5) is 39.3. The molecule has 0 bridgehead atoms. The van der Waals surface area contributed by atoms with Crippen molar-refractivity contribution in [2.45, 2.75) is 20.0 Å². The van der Waals surface area contributed by atoms with Crippen molar-refractivity contribution < 1.29 is 19.1 Å². The molecule has 6 nitrogen and oxygen atoms in total. The number of halogens is 3. The number of urea groups is 1. The van der Waals surface area contributed by atoms with E-state index in [9.17, 15) is 14.4 Å². The van der Waals surface area contributed by atoms with Crippen molar-refractivity contribution in [2.24, 2.45) is 0 Å². The number of imide groups is 2. The van der Waals surface area contributed by atoms with E-state index >= 15 is 0 Å². The van der Waals surface area contributed by atoms with Crippen LogP contribution in [-0.2, 0) is 22.6 Å². The first kappa shape index (κ1) is 25.0. The molecule has 178 valence electrons. The Morgan fingerprint density at radius 2 is 1.66 bits per heavy atom. The Kier molecular flexibility index (Phi) is 7.60. The first-order valence-electron chi connectivity index (χ1n) is 10.6. The largest absolute Gasteiger partial charge is 0.488 e. The van der Waals surface area contributed by atoms with Gasteiger partial charge in [-0.05, 0) is 66.1 Å². The van der Waals surface area contributed by atoms with Crippen LogP contribution in [0.2, 0.25) is 10.0 Å². The third kappa shape index (κ3) is 5.59. The molecule has 3 aromatic rings. The lowest BCUT2D eigenvalue weighted by Crippen LogP contribution is -2.54. The molecular weight excluding hydrogens is 555 g/mol. The van der Waals surface area contributed by atoms with Gasteiger partial charge >= 0.3 is 6.03 Å². The van der Waals surface area contributed by atoms with Gasteiger partial charge in [-0.1, -0.05) is 64.3 Å². The third-order valence-electron chi connectivity index (χ3n) is 5.35. The molecule has 1 saturated heterocycles. The van der Waals surface area contributed by atoms with Crippen molar-refractivity contribution in [1.29, 1.82) is 0 Å². The summed E-state index contributed by atoms with van der Waals surface area (Å²) in [5, 5.41) is 3.09. The van der Waals surface area contributed by atoms with Crippen LogP contribution in [0.15, 0.2) is 70.7 Å². The molecule has 0 aromatic heterocycles. The van der Waals surface area contributed by atoms with Gasteiger partial charge < -0.3 is 4.74 Å². The van der Waals surface area contributed by atoms with Crippen LogP contribution in [0.25, 0.3) is 6.08 Å². The number of rotatable bonds is 6. The number of amides is 4. The summed E-state index contributed by atoms with van der Waals surface area (Å²) in [7, 11) is 0. The fourth-order valence-corrected chi connectivity index (χ4v) is 4.18. The molecule has 1 heterocycles. The zero-order chi connectivity index (χ0) is 25.1. The van der Waals surface area contributed by atoms with Crippen LogP contribution >= 0.6 is 39.1 Å². The number of ether oxygens (including phenoxy) is 1. The molecule has 1 aliphatic rings. The Bertz CT molecular complexity index is 1360. The molecule has 0 spiro atoms. The van der Waals surface area contributed by atoms with E-state index in [2.05, 4.69) is 21.2 Å². The molecule has 4 rings (SSSR count). The molecule has 35 heavy (non-hydrogen) atoms. The Labute approximate surface area is 220 Å². The number of nitrogens with one attached hydrogen (secondary N) is 1. The van der Waals surface area contributed by atoms with E-state index in [4.69, 9.17) is 27.9 Å². The summed E-state index contributed by atoms with van der Waals surface area (Å²) in [6.07, 6.45) is 2.23. The van der Waals surface area contributed by atoms with Crippen molar-refractivity contribution in [3.8, 4) is 5.75 Å². The molecule has 0 atom stereocenters. The van der Waals surface area contributed by atoms with Gasteiger partial charge in [0.05, 0.1) is 15.7 Å². The number of hydrogen-bond donors (Lipinski definition) is 1. The molecule has 1 fully saturated rings. The average molecular weight is 574 g/mol. The second-order valence-electron chi connectivity index (χ2n) is 7.70. The normalized spacial score (nSPS) is 14.9. The van der Waals surface area contributed by atoms with Crippen molar-refractivity contribution in [3.63, 3.8) is 0 Å². The minimum Gasteiger partial charge on any atom is -0.488 e. The van der Waals surface area contributed by atoms with Crippen molar-refractivity contribution >= 4 is 68.7 Å². The van der Waals surface area contributed by atoms with Gasteiger partial charge in [0.15, 0.2) is 0 Å².